The lowest BCUT2D eigenvalue weighted by molar-refractivity contribution is -0.148. The number of aryl methyl sites for hydroxylation is 1. The van der Waals surface area contributed by atoms with Crippen LogP contribution >= 0.6 is 0 Å². The summed E-state index contributed by atoms with van der Waals surface area (Å²) in [5.41, 5.74) is -0.304. The predicted octanol–water partition coefficient (Wildman–Crippen LogP) is 2.90. The minimum Gasteiger partial charge on any atom is -0.496 e. The van der Waals surface area contributed by atoms with Crippen molar-refractivity contribution in [3.8, 4) is 5.75 Å². The van der Waals surface area contributed by atoms with Crippen molar-refractivity contribution < 1.29 is 47.2 Å². The van der Waals surface area contributed by atoms with Gasteiger partial charge in [-0.15, -0.1) is 4.99 Å². The Morgan fingerprint density at radius 1 is 1.00 bits per heavy atom. The summed E-state index contributed by atoms with van der Waals surface area (Å²) in [7, 11) is -2.79. The van der Waals surface area contributed by atoms with Gasteiger partial charge in [-0.2, -0.15) is 0 Å². The monoisotopic (exact) mass is 616 g/mol. The van der Waals surface area contributed by atoms with Crippen LogP contribution in [0.2, 0.25) is 0 Å². The fourth-order valence-electron chi connectivity index (χ4n) is 3.77. The number of rotatable bonds is 10. The Balaban J connectivity index is 3.20. The van der Waals surface area contributed by atoms with Crippen LogP contribution in [0.4, 0.5) is 9.59 Å². The lowest BCUT2D eigenvalue weighted by atomic mass is 10.1. The number of aliphatic hydroxyl groups is 1. The molecule has 5 N–H and O–H groups in total. The third-order valence-electron chi connectivity index (χ3n) is 5.62. The standard InChI is InChI=1S/C27H44N4O10S/c1-15-14-19(39-10)16(2)17(3)21(15)42(37,38)31-23(30-25(36)41-27(7,8)9)28-13-11-12-18(20(32)22(33)34)29-24(35)40-26(4,5)6/h14,18,20,32H,11-13H2,1-10H3,(H,29,35)(H,33,34)(H2,28,30,31,36)/t18-,20?/m0/s1. The Hall–Kier alpha value is -3.59. The number of ether oxygens (including phenoxy) is 3. The van der Waals surface area contributed by atoms with Gasteiger partial charge in [0.15, 0.2) is 6.10 Å². The molecule has 0 fully saturated rings. The SMILES string of the molecule is COc1cc(C)c(S(=O)(=O)N/C(=N/C(=O)OC(C)(C)C)NCCC[C@H](NC(=O)OC(C)(C)C)C(O)C(=O)O)c(C)c1C. The van der Waals surface area contributed by atoms with E-state index < -0.39 is 57.5 Å². The molecule has 1 rings (SSSR count). The second-order valence-corrected chi connectivity index (χ2v) is 13.2. The normalized spacial score (nSPS) is 13.9. The highest BCUT2D eigenvalue weighted by Gasteiger charge is 2.29. The van der Waals surface area contributed by atoms with Crippen molar-refractivity contribution in [2.75, 3.05) is 13.7 Å². The van der Waals surface area contributed by atoms with Crippen LogP contribution in [-0.2, 0) is 24.3 Å². The highest BCUT2D eigenvalue weighted by atomic mass is 32.2. The number of methoxy groups -OCH3 is 1. The number of aliphatic hydroxyl groups excluding tert-OH is 1. The van der Waals surface area contributed by atoms with E-state index >= 15 is 0 Å². The van der Waals surface area contributed by atoms with Crippen LogP contribution in [0.5, 0.6) is 5.75 Å². The predicted molar refractivity (Wildman–Crippen MR) is 155 cm³/mol. The Labute approximate surface area is 247 Å². The van der Waals surface area contributed by atoms with Crippen LogP contribution < -0.4 is 20.1 Å². The number of carbonyl (C=O) groups is 3. The quantitative estimate of drug-likeness (QED) is 0.147. The number of carbonyl (C=O) groups excluding carboxylic acids is 2. The van der Waals surface area contributed by atoms with E-state index in [1.54, 1.807) is 68.4 Å². The molecule has 1 unspecified atom stereocenters. The number of hydrogen-bond acceptors (Lipinski definition) is 9. The van der Waals surface area contributed by atoms with E-state index in [2.05, 4.69) is 20.3 Å². The number of alkyl carbamates (subject to hydrolysis) is 1. The average Bonchev–Trinajstić information content (AvgIpc) is 2.79. The maximum absolute atomic E-state index is 13.5. The summed E-state index contributed by atoms with van der Waals surface area (Å²) in [5.74, 6) is -1.47. The molecule has 14 nitrogen and oxygen atoms in total. The van der Waals surface area contributed by atoms with Crippen molar-refractivity contribution >= 4 is 34.1 Å². The van der Waals surface area contributed by atoms with Gasteiger partial charge in [0.1, 0.15) is 17.0 Å². The number of hydrogen-bond donors (Lipinski definition) is 5. The van der Waals surface area contributed by atoms with Gasteiger partial charge in [0.2, 0.25) is 5.96 Å². The van der Waals surface area contributed by atoms with E-state index in [0.29, 0.717) is 22.4 Å². The molecule has 0 aliphatic carbocycles. The van der Waals surface area contributed by atoms with E-state index in [0.717, 1.165) is 0 Å². The molecule has 0 aliphatic heterocycles. The number of nitrogens with one attached hydrogen (secondary N) is 3. The minimum absolute atomic E-state index is 0.0225. The Bertz CT molecular complexity index is 1280. The van der Waals surface area contributed by atoms with E-state index in [9.17, 15) is 33.0 Å². The first-order valence-corrected chi connectivity index (χ1v) is 14.7. The molecule has 2 atom stereocenters. The summed E-state index contributed by atoms with van der Waals surface area (Å²) >= 11 is 0. The van der Waals surface area contributed by atoms with Gasteiger partial charge in [-0.1, -0.05) is 0 Å². The topological polar surface area (TPSA) is 202 Å². The molecule has 0 spiro atoms. The number of guanidine groups is 1. The lowest BCUT2D eigenvalue weighted by Crippen LogP contribution is -2.49. The van der Waals surface area contributed by atoms with Crippen molar-refractivity contribution in [2.45, 2.75) is 103 Å². The van der Waals surface area contributed by atoms with Gasteiger partial charge in [0.25, 0.3) is 10.0 Å². The van der Waals surface area contributed by atoms with Gasteiger partial charge in [-0.3, -0.25) is 0 Å². The average molecular weight is 617 g/mol. The van der Waals surface area contributed by atoms with Crippen LogP contribution in [0, 0.1) is 20.8 Å². The van der Waals surface area contributed by atoms with E-state index in [1.807, 2.05) is 0 Å². The van der Waals surface area contributed by atoms with Gasteiger partial charge in [0.05, 0.1) is 18.0 Å². The Morgan fingerprint density at radius 2 is 1.57 bits per heavy atom. The zero-order valence-electron chi connectivity index (χ0n) is 25.9. The van der Waals surface area contributed by atoms with E-state index in [4.69, 9.17) is 14.2 Å². The Kier molecular flexibility index (Phi) is 12.6. The fraction of sp³-hybridized carbons (Fsp3) is 0.630. The number of carboxylic acid groups (broad SMARTS) is 1. The molecule has 238 valence electrons. The van der Waals surface area contributed by atoms with Crippen LogP contribution in [0.1, 0.15) is 71.1 Å². The number of aliphatic imine (C=N–C) groups is 1. The first-order chi connectivity index (χ1) is 19.1. The van der Waals surface area contributed by atoms with Crippen LogP contribution in [0.3, 0.4) is 0 Å². The van der Waals surface area contributed by atoms with Crippen LogP contribution in [-0.4, -0.2) is 79.7 Å². The van der Waals surface area contributed by atoms with Crippen molar-refractivity contribution in [3.63, 3.8) is 0 Å². The zero-order valence-corrected chi connectivity index (χ0v) is 26.7. The molecule has 2 amide bonds. The number of nitrogens with zero attached hydrogens (tertiary/aromatic N) is 1. The van der Waals surface area contributed by atoms with Crippen LogP contribution in [0.25, 0.3) is 0 Å². The number of amides is 2. The van der Waals surface area contributed by atoms with Gasteiger partial charge < -0.3 is 35.1 Å². The molecule has 42 heavy (non-hydrogen) atoms. The molecule has 1 aromatic carbocycles. The molecule has 0 heterocycles. The zero-order chi connectivity index (χ0) is 32.6. The summed E-state index contributed by atoms with van der Waals surface area (Å²) in [6, 6.07) is 0.357. The van der Waals surface area contributed by atoms with Gasteiger partial charge >= 0.3 is 18.2 Å². The molecule has 0 saturated heterocycles. The van der Waals surface area contributed by atoms with Crippen molar-refractivity contribution in [3.05, 3.63) is 22.8 Å². The molecule has 1 aromatic rings. The molecule has 0 aromatic heterocycles. The van der Waals surface area contributed by atoms with E-state index in [-0.39, 0.29) is 24.3 Å². The molecule has 0 saturated carbocycles. The second kappa shape index (κ2) is 14.5. The summed E-state index contributed by atoms with van der Waals surface area (Å²) in [6.45, 7) is 14.7. The Morgan fingerprint density at radius 3 is 2.07 bits per heavy atom. The molecule has 15 heteroatoms. The molecular weight excluding hydrogens is 572 g/mol. The van der Waals surface area contributed by atoms with Gasteiger partial charge in [-0.25, -0.2) is 27.5 Å². The number of benzene rings is 1. The summed E-state index contributed by atoms with van der Waals surface area (Å²) in [6.07, 6.45) is -3.85. The fourth-order valence-corrected chi connectivity index (χ4v) is 5.28. The van der Waals surface area contributed by atoms with Gasteiger partial charge in [-0.05, 0) is 97.9 Å². The summed E-state index contributed by atoms with van der Waals surface area (Å²) in [5, 5.41) is 24.4. The van der Waals surface area contributed by atoms with Gasteiger partial charge in [0, 0.05) is 6.54 Å². The highest BCUT2D eigenvalue weighted by molar-refractivity contribution is 7.90. The molecule has 0 bridgehead atoms. The number of aliphatic carboxylic acids is 1. The molecule has 0 aliphatic rings. The maximum Gasteiger partial charge on any atom is 0.437 e. The smallest absolute Gasteiger partial charge is 0.437 e. The summed E-state index contributed by atoms with van der Waals surface area (Å²) in [4.78, 5) is 39.7. The minimum atomic E-state index is -4.27. The lowest BCUT2D eigenvalue weighted by Gasteiger charge is -2.25. The van der Waals surface area contributed by atoms with Crippen molar-refractivity contribution in [1.29, 1.82) is 0 Å². The third kappa shape index (κ3) is 11.7. The van der Waals surface area contributed by atoms with Crippen LogP contribution in [0.15, 0.2) is 16.0 Å². The van der Waals surface area contributed by atoms with Crippen molar-refractivity contribution in [1.82, 2.24) is 15.4 Å². The molecule has 0 radical (unpaired) electrons. The second-order valence-electron chi connectivity index (χ2n) is 11.6. The largest absolute Gasteiger partial charge is 0.496 e. The number of carboxylic acids is 1. The first-order valence-electron chi connectivity index (χ1n) is 13.2. The number of sulfonamides is 1. The van der Waals surface area contributed by atoms with E-state index in [1.165, 1.54) is 7.11 Å². The maximum atomic E-state index is 13.5. The van der Waals surface area contributed by atoms with Crippen molar-refractivity contribution in [2.24, 2.45) is 4.99 Å². The first kappa shape index (κ1) is 36.4. The third-order valence-corrected chi connectivity index (χ3v) is 7.24. The summed E-state index contributed by atoms with van der Waals surface area (Å²) < 4.78 is 44.9. The molecular formula is C27H44N4O10S. The highest BCUT2D eigenvalue weighted by Crippen LogP contribution is 2.30.